The van der Waals surface area contributed by atoms with E-state index in [-0.39, 0.29) is 41.0 Å². The highest BCUT2D eigenvalue weighted by atomic mass is 79.9. The van der Waals surface area contributed by atoms with Crippen LogP contribution < -0.4 is 5.32 Å². The molecule has 0 unspecified atom stereocenters. The van der Waals surface area contributed by atoms with Crippen molar-refractivity contribution in [3.63, 3.8) is 0 Å². The van der Waals surface area contributed by atoms with Gasteiger partial charge in [-0.2, -0.15) is 0 Å². The van der Waals surface area contributed by atoms with Gasteiger partial charge in [0.15, 0.2) is 0 Å². The smallest absolute Gasteiger partial charge is 0.310 e. The van der Waals surface area contributed by atoms with Crippen molar-refractivity contribution in [3.05, 3.63) is 40.4 Å². The molecule has 0 saturated heterocycles. The zero-order valence-corrected chi connectivity index (χ0v) is 15.3. The van der Waals surface area contributed by atoms with E-state index in [1.165, 1.54) is 7.11 Å². The van der Waals surface area contributed by atoms with E-state index in [1.807, 2.05) is 25.1 Å². The molecule has 0 aromatic heterocycles. The molecule has 0 radical (unpaired) electrons. The number of rotatable bonds is 3. The van der Waals surface area contributed by atoms with Gasteiger partial charge in [-0.3, -0.25) is 9.59 Å². The quantitative estimate of drug-likeness (QED) is 0.633. The molecule has 4 atom stereocenters. The van der Waals surface area contributed by atoms with Gasteiger partial charge in [0, 0.05) is 10.2 Å². The monoisotopic (exact) mass is 389 g/mol. The van der Waals surface area contributed by atoms with Crippen LogP contribution in [-0.4, -0.2) is 19.0 Å². The summed E-state index contributed by atoms with van der Waals surface area (Å²) in [6.07, 6.45) is 6.48. The topological polar surface area (TPSA) is 55.4 Å². The number of carbonyl (C=O) groups is 2. The lowest BCUT2D eigenvalue weighted by Gasteiger charge is -2.25. The van der Waals surface area contributed by atoms with Gasteiger partial charge in [0.05, 0.1) is 18.9 Å². The number of halogens is 1. The van der Waals surface area contributed by atoms with Crippen LogP contribution in [0.15, 0.2) is 34.8 Å². The molecule has 0 heterocycles. The molecule has 126 valence electrons. The van der Waals surface area contributed by atoms with E-state index in [0.29, 0.717) is 0 Å². The first-order chi connectivity index (χ1) is 11.5. The van der Waals surface area contributed by atoms with Crippen LogP contribution in [0.25, 0.3) is 0 Å². The fourth-order valence-corrected chi connectivity index (χ4v) is 5.27. The van der Waals surface area contributed by atoms with Crippen molar-refractivity contribution in [1.29, 1.82) is 0 Å². The zero-order valence-electron chi connectivity index (χ0n) is 13.7. The van der Waals surface area contributed by atoms with E-state index in [4.69, 9.17) is 4.74 Å². The molecule has 2 saturated carbocycles. The molecule has 24 heavy (non-hydrogen) atoms. The predicted molar refractivity (Wildman–Crippen MR) is 94.3 cm³/mol. The molecule has 0 aliphatic heterocycles. The van der Waals surface area contributed by atoms with Crippen LogP contribution >= 0.6 is 15.9 Å². The highest BCUT2D eigenvalue weighted by molar-refractivity contribution is 9.10. The Bertz CT molecular complexity index is 753. The molecule has 3 aliphatic rings. The van der Waals surface area contributed by atoms with Crippen LogP contribution in [-0.2, 0) is 14.3 Å². The molecule has 1 amide bonds. The number of allylic oxidation sites excluding steroid dienone is 2. The van der Waals surface area contributed by atoms with Crippen LogP contribution in [0.1, 0.15) is 18.4 Å². The Kier molecular flexibility index (Phi) is 3.60. The summed E-state index contributed by atoms with van der Waals surface area (Å²) in [5.74, 6) is -0.718. The average Bonchev–Trinajstić information content (AvgIpc) is 3.22. The lowest BCUT2D eigenvalue weighted by atomic mass is 9.82. The minimum absolute atomic E-state index is 0.0704. The number of hydrogen-bond acceptors (Lipinski definition) is 3. The van der Waals surface area contributed by atoms with E-state index >= 15 is 0 Å². The summed E-state index contributed by atoms with van der Waals surface area (Å²) in [5, 5.41) is 3.04. The van der Waals surface area contributed by atoms with Gasteiger partial charge in [0.25, 0.3) is 0 Å². The minimum atomic E-state index is -0.358. The van der Waals surface area contributed by atoms with Crippen molar-refractivity contribution in [2.24, 2.45) is 29.1 Å². The Morgan fingerprint density at radius 3 is 2.46 bits per heavy atom. The van der Waals surface area contributed by atoms with Gasteiger partial charge >= 0.3 is 5.97 Å². The van der Waals surface area contributed by atoms with Gasteiger partial charge in [-0.05, 0) is 60.8 Å². The number of carbonyl (C=O) groups excluding carboxylic acids is 2. The Labute approximate surface area is 149 Å². The number of esters is 1. The van der Waals surface area contributed by atoms with Gasteiger partial charge < -0.3 is 10.1 Å². The first-order valence-corrected chi connectivity index (χ1v) is 9.10. The Morgan fingerprint density at radius 2 is 1.88 bits per heavy atom. The first kappa shape index (κ1) is 15.9. The standard InChI is InChI=1S/C19H20BrNO3/c1-10-9-11(20)3-6-14(10)21-17(22)15-12-4-5-13(19(12)7-8-19)16(15)18(23)24-2/h3-6,9,12-13,15-16H,7-8H2,1-2H3,(H,21,22)/t12-,13+,15+,16+/m0/s1. The predicted octanol–water partition coefficient (Wildman–Crippen LogP) is 3.70. The van der Waals surface area contributed by atoms with Crippen LogP contribution in [0.4, 0.5) is 5.69 Å². The second kappa shape index (κ2) is 5.45. The van der Waals surface area contributed by atoms with Crippen molar-refractivity contribution in [2.75, 3.05) is 12.4 Å². The molecule has 3 aliphatic carbocycles. The number of amides is 1. The molecular weight excluding hydrogens is 370 g/mol. The molecule has 5 heteroatoms. The molecule has 4 nitrogen and oxygen atoms in total. The summed E-state index contributed by atoms with van der Waals surface area (Å²) in [6, 6.07) is 5.76. The largest absolute Gasteiger partial charge is 0.469 e. The molecule has 1 spiro atoms. The molecule has 4 rings (SSSR count). The number of aryl methyl sites for hydroxylation is 1. The normalized spacial score (nSPS) is 31.3. The summed E-state index contributed by atoms with van der Waals surface area (Å²) in [4.78, 5) is 25.4. The fourth-order valence-electron chi connectivity index (χ4n) is 4.80. The summed E-state index contributed by atoms with van der Waals surface area (Å²) >= 11 is 3.43. The third kappa shape index (κ3) is 2.17. The van der Waals surface area contributed by atoms with Gasteiger partial charge in [-0.1, -0.05) is 28.1 Å². The van der Waals surface area contributed by atoms with Crippen molar-refractivity contribution >= 4 is 33.5 Å². The lowest BCUT2D eigenvalue weighted by molar-refractivity contribution is -0.150. The molecule has 1 N–H and O–H groups in total. The van der Waals surface area contributed by atoms with Crippen LogP contribution in [0.2, 0.25) is 0 Å². The van der Waals surface area contributed by atoms with E-state index < -0.39 is 0 Å². The van der Waals surface area contributed by atoms with E-state index in [0.717, 1.165) is 28.6 Å². The van der Waals surface area contributed by atoms with Crippen molar-refractivity contribution in [1.82, 2.24) is 0 Å². The summed E-state index contributed by atoms with van der Waals surface area (Å²) < 4.78 is 6.00. The van der Waals surface area contributed by atoms with Gasteiger partial charge in [-0.25, -0.2) is 0 Å². The lowest BCUT2D eigenvalue weighted by Crippen LogP contribution is -2.37. The van der Waals surface area contributed by atoms with Crippen molar-refractivity contribution in [2.45, 2.75) is 19.8 Å². The van der Waals surface area contributed by atoms with E-state index in [1.54, 1.807) is 0 Å². The average molecular weight is 390 g/mol. The molecule has 1 aromatic rings. The van der Waals surface area contributed by atoms with Gasteiger partial charge in [0.2, 0.25) is 5.91 Å². The SMILES string of the molecule is COC(=O)[C@H]1[C@H](C(=O)Nc2ccc(Br)cc2C)[C@@H]2C=C[C@H]1C21CC1. The molecule has 2 fully saturated rings. The van der Waals surface area contributed by atoms with Crippen LogP contribution in [0.3, 0.4) is 0 Å². The number of methoxy groups -OCH3 is 1. The number of ether oxygens (including phenoxy) is 1. The van der Waals surface area contributed by atoms with E-state index in [2.05, 4.69) is 33.4 Å². The summed E-state index contributed by atoms with van der Waals surface area (Å²) in [6.45, 7) is 1.96. The second-order valence-electron chi connectivity index (χ2n) is 7.19. The maximum absolute atomic E-state index is 13.0. The number of nitrogens with one attached hydrogen (secondary N) is 1. The van der Waals surface area contributed by atoms with Crippen LogP contribution in [0, 0.1) is 36.0 Å². The number of hydrogen-bond donors (Lipinski definition) is 1. The number of anilines is 1. The Morgan fingerprint density at radius 1 is 1.21 bits per heavy atom. The van der Waals surface area contributed by atoms with Gasteiger partial charge in [0.1, 0.15) is 0 Å². The maximum Gasteiger partial charge on any atom is 0.310 e. The third-order valence-electron chi connectivity index (χ3n) is 6.06. The van der Waals surface area contributed by atoms with Crippen LogP contribution in [0.5, 0.6) is 0 Å². The number of benzene rings is 1. The zero-order chi connectivity index (χ0) is 17.1. The summed E-state index contributed by atoms with van der Waals surface area (Å²) in [5.41, 5.74) is 1.92. The first-order valence-electron chi connectivity index (χ1n) is 8.31. The highest BCUT2D eigenvalue weighted by Gasteiger charge is 2.70. The van der Waals surface area contributed by atoms with Gasteiger partial charge in [-0.15, -0.1) is 0 Å². The Hall–Kier alpha value is -1.62. The van der Waals surface area contributed by atoms with Crippen molar-refractivity contribution < 1.29 is 14.3 Å². The second-order valence-corrected chi connectivity index (χ2v) is 8.11. The van der Waals surface area contributed by atoms with E-state index in [9.17, 15) is 9.59 Å². The summed E-state index contributed by atoms with van der Waals surface area (Å²) in [7, 11) is 1.41. The molecule has 2 bridgehead atoms. The highest BCUT2D eigenvalue weighted by Crippen LogP contribution is 2.72. The van der Waals surface area contributed by atoms with Crippen molar-refractivity contribution in [3.8, 4) is 0 Å². The Balaban J connectivity index is 1.63. The minimum Gasteiger partial charge on any atom is -0.469 e. The third-order valence-corrected chi connectivity index (χ3v) is 6.56. The molecule has 1 aromatic carbocycles. The fraction of sp³-hybridized carbons (Fsp3) is 0.474. The maximum atomic E-state index is 13.0. The molecular formula is C19H20BrNO3.